The van der Waals surface area contributed by atoms with Crippen molar-refractivity contribution >= 4 is 59.8 Å². The van der Waals surface area contributed by atoms with Gasteiger partial charge in [0.25, 0.3) is 0 Å². The molecule has 2 heterocycles. The minimum absolute atomic E-state index is 0.245. The standard InChI is InChI=1S/C20H20BrN5O2S2/c1-3-26(4-2)30(27,28)15-8-9-17-16(11-15)18-19(22-17)23-20(25-24-18)29-12-13-6-5-7-14(21)10-13/h5-11H,3-4,12H2,1-2H3,(H,22,23,25). The monoisotopic (exact) mass is 505 g/mol. The summed E-state index contributed by atoms with van der Waals surface area (Å²) in [5.41, 5.74) is 3.09. The van der Waals surface area contributed by atoms with E-state index in [0.29, 0.717) is 34.8 Å². The van der Waals surface area contributed by atoms with E-state index in [1.807, 2.05) is 32.0 Å². The number of thioether (sulfide) groups is 1. The molecule has 0 saturated heterocycles. The van der Waals surface area contributed by atoms with Crippen molar-refractivity contribution in [1.82, 2.24) is 24.5 Å². The highest BCUT2D eigenvalue weighted by atomic mass is 79.9. The number of rotatable bonds is 7. The van der Waals surface area contributed by atoms with E-state index in [-0.39, 0.29) is 4.90 Å². The van der Waals surface area contributed by atoms with Gasteiger partial charge in [-0.3, -0.25) is 0 Å². The molecule has 1 N–H and O–H groups in total. The summed E-state index contributed by atoms with van der Waals surface area (Å²) in [4.78, 5) is 8.04. The van der Waals surface area contributed by atoms with Crippen molar-refractivity contribution in [2.75, 3.05) is 13.1 Å². The Bertz CT molecular complexity index is 1320. The molecule has 0 aliphatic rings. The van der Waals surface area contributed by atoms with Crippen LogP contribution in [0.15, 0.2) is 57.0 Å². The van der Waals surface area contributed by atoms with Gasteiger partial charge in [0.1, 0.15) is 5.52 Å². The normalized spacial score (nSPS) is 12.3. The Morgan fingerprint density at radius 2 is 1.90 bits per heavy atom. The van der Waals surface area contributed by atoms with Crippen molar-refractivity contribution < 1.29 is 8.42 Å². The van der Waals surface area contributed by atoms with Crippen molar-refractivity contribution in [2.24, 2.45) is 0 Å². The van der Waals surface area contributed by atoms with Crippen molar-refractivity contribution in [3.8, 4) is 0 Å². The van der Waals surface area contributed by atoms with E-state index in [2.05, 4.69) is 42.2 Å². The predicted octanol–water partition coefficient (Wildman–Crippen LogP) is 4.59. The van der Waals surface area contributed by atoms with Gasteiger partial charge in [-0.2, -0.15) is 4.31 Å². The molecule has 0 spiro atoms. The van der Waals surface area contributed by atoms with E-state index in [1.54, 1.807) is 18.2 Å². The van der Waals surface area contributed by atoms with Crippen molar-refractivity contribution in [3.05, 3.63) is 52.5 Å². The minimum Gasteiger partial charge on any atom is -0.338 e. The molecule has 7 nitrogen and oxygen atoms in total. The van der Waals surface area contributed by atoms with Gasteiger partial charge in [0, 0.05) is 34.2 Å². The summed E-state index contributed by atoms with van der Waals surface area (Å²) in [6, 6.07) is 13.1. The zero-order chi connectivity index (χ0) is 21.3. The third-order valence-corrected chi connectivity index (χ3v) is 8.21. The predicted molar refractivity (Wildman–Crippen MR) is 123 cm³/mol. The molecule has 0 fully saturated rings. The van der Waals surface area contributed by atoms with Crippen LogP contribution in [0.25, 0.3) is 22.1 Å². The molecule has 0 saturated carbocycles. The molecule has 30 heavy (non-hydrogen) atoms. The van der Waals surface area contributed by atoms with E-state index in [1.165, 1.54) is 16.1 Å². The zero-order valence-electron chi connectivity index (χ0n) is 16.5. The van der Waals surface area contributed by atoms with Gasteiger partial charge < -0.3 is 4.98 Å². The molecule has 0 bridgehead atoms. The number of nitrogens with zero attached hydrogens (tertiary/aromatic N) is 4. The second-order valence-electron chi connectivity index (χ2n) is 6.63. The zero-order valence-corrected chi connectivity index (χ0v) is 19.7. The Hall–Kier alpha value is -2.01. The average Bonchev–Trinajstić information content (AvgIpc) is 3.10. The molecule has 0 aliphatic carbocycles. The second kappa shape index (κ2) is 8.62. The van der Waals surface area contributed by atoms with Gasteiger partial charge in [-0.1, -0.05) is 53.7 Å². The topological polar surface area (TPSA) is 91.8 Å². The van der Waals surface area contributed by atoms with Gasteiger partial charge in [-0.15, -0.1) is 10.2 Å². The van der Waals surface area contributed by atoms with Crippen LogP contribution in [0, 0.1) is 0 Å². The van der Waals surface area contributed by atoms with Gasteiger partial charge in [-0.25, -0.2) is 13.4 Å². The van der Waals surface area contributed by atoms with E-state index in [9.17, 15) is 8.42 Å². The molecule has 0 radical (unpaired) electrons. The first-order valence-electron chi connectivity index (χ1n) is 9.46. The Morgan fingerprint density at radius 1 is 1.10 bits per heavy atom. The maximum Gasteiger partial charge on any atom is 0.243 e. The van der Waals surface area contributed by atoms with Crippen molar-refractivity contribution in [1.29, 1.82) is 0 Å². The Kier molecular flexibility index (Phi) is 6.10. The van der Waals surface area contributed by atoms with Crippen molar-refractivity contribution in [2.45, 2.75) is 29.7 Å². The summed E-state index contributed by atoms with van der Waals surface area (Å²) in [6.07, 6.45) is 0. The summed E-state index contributed by atoms with van der Waals surface area (Å²) in [7, 11) is -3.55. The number of benzene rings is 2. The van der Waals surface area contributed by atoms with Crippen LogP contribution in [0.4, 0.5) is 0 Å². The molecule has 0 unspecified atom stereocenters. The smallest absolute Gasteiger partial charge is 0.243 e. The highest BCUT2D eigenvalue weighted by Crippen LogP contribution is 2.28. The third kappa shape index (κ3) is 4.09. The van der Waals surface area contributed by atoms with Gasteiger partial charge >= 0.3 is 0 Å². The molecule has 0 atom stereocenters. The lowest BCUT2D eigenvalue weighted by atomic mass is 10.2. The van der Waals surface area contributed by atoms with Crippen molar-refractivity contribution in [3.63, 3.8) is 0 Å². The van der Waals surface area contributed by atoms with E-state index in [0.717, 1.165) is 21.3 Å². The highest BCUT2D eigenvalue weighted by Gasteiger charge is 2.22. The number of halogens is 1. The fourth-order valence-electron chi connectivity index (χ4n) is 3.24. The van der Waals surface area contributed by atoms with Gasteiger partial charge in [0.2, 0.25) is 15.2 Å². The number of hydrogen-bond donors (Lipinski definition) is 1. The number of nitrogens with one attached hydrogen (secondary N) is 1. The Balaban J connectivity index is 1.66. The molecule has 0 aliphatic heterocycles. The number of aromatic nitrogens is 4. The maximum atomic E-state index is 12.9. The summed E-state index contributed by atoms with van der Waals surface area (Å²) in [5.74, 6) is 0.721. The first-order chi connectivity index (χ1) is 14.4. The lowest BCUT2D eigenvalue weighted by Crippen LogP contribution is -2.30. The van der Waals surface area contributed by atoms with Crippen LogP contribution in [0.5, 0.6) is 0 Å². The SMILES string of the molecule is CCN(CC)S(=O)(=O)c1ccc2[nH]c3nc(SCc4cccc(Br)c4)nnc3c2c1. The summed E-state index contributed by atoms with van der Waals surface area (Å²) < 4.78 is 28.2. The Labute approximate surface area is 187 Å². The summed E-state index contributed by atoms with van der Waals surface area (Å²) in [6.45, 7) is 4.50. The maximum absolute atomic E-state index is 12.9. The van der Waals surface area contributed by atoms with E-state index < -0.39 is 10.0 Å². The molecule has 0 amide bonds. The molecular weight excluding hydrogens is 486 g/mol. The molecule has 10 heteroatoms. The van der Waals surface area contributed by atoms with Gasteiger partial charge in [0.15, 0.2) is 5.65 Å². The number of H-pyrrole nitrogens is 1. The van der Waals surface area contributed by atoms with E-state index in [4.69, 9.17) is 0 Å². The second-order valence-corrected chi connectivity index (χ2v) is 10.4. The van der Waals surface area contributed by atoms with Crippen LogP contribution in [0.2, 0.25) is 0 Å². The van der Waals surface area contributed by atoms with E-state index >= 15 is 0 Å². The van der Waals surface area contributed by atoms with Crippen LogP contribution in [-0.2, 0) is 15.8 Å². The molecular formula is C20H20BrN5O2S2. The molecule has 4 aromatic rings. The molecule has 156 valence electrons. The van der Waals surface area contributed by atoms with Gasteiger partial charge in [-0.05, 0) is 35.9 Å². The number of aromatic amines is 1. The number of sulfonamides is 1. The molecule has 4 rings (SSSR count). The summed E-state index contributed by atoms with van der Waals surface area (Å²) >= 11 is 4.97. The lowest BCUT2D eigenvalue weighted by molar-refractivity contribution is 0.445. The average molecular weight is 506 g/mol. The third-order valence-electron chi connectivity index (χ3n) is 4.77. The van der Waals surface area contributed by atoms with Crippen LogP contribution in [0.3, 0.4) is 0 Å². The molecule has 2 aromatic carbocycles. The largest absolute Gasteiger partial charge is 0.338 e. The Morgan fingerprint density at radius 3 is 2.63 bits per heavy atom. The quantitative estimate of drug-likeness (QED) is 0.369. The number of fused-ring (bicyclic) bond motifs is 3. The van der Waals surface area contributed by atoms with Crippen LogP contribution in [0.1, 0.15) is 19.4 Å². The first-order valence-corrected chi connectivity index (χ1v) is 12.7. The fraction of sp³-hybridized carbons (Fsp3) is 0.250. The van der Waals surface area contributed by atoms with Crippen LogP contribution < -0.4 is 0 Å². The summed E-state index contributed by atoms with van der Waals surface area (Å²) in [5, 5.41) is 9.82. The van der Waals surface area contributed by atoms with Crippen LogP contribution in [-0.4, -0.2) is 46.0 Å². The first kappa shape index (κ1) is 21.2. The lowest BCUT2D eigenvalue weighted by Gasteiger charge is -2.18. The fourth-order valence-corrected chi connectivity index (χ4v) is 5.91. The molecule has 2 aromatic heterocycles. The van der Waals surface area contributed by atoms with Crippen LogP contribution >= 0.6 is 27.7 Å². The minimum atomic E-state index is -3.55. The van der Waals surface area contributed by atoms with Gasteiger partial charge in [0.05, 0.1) is 4.90 Å². The highest BCUT2D eigenvalue weighted by molar-refractivity contribution is 9.10. The number of hydrogen-bond acceptors (Lipinski definition) is 6.